The summed E-state index contributed by atoms with van der Waals surface area (Å²) in [6.07, 6.45) is 5.74. The summed E-state index contributed by atoms with van der Waals surface area (Å²) in [5.41, 5.74) is 1.02. The van der Waals surface area contributed by atoms with Crippen LogP contribution >= 0.6 is 0 Å². The molecule has 7 heteroatoms. The number of rotatable bonds is 6. The average molecular weight is 279 g/mol. The van der Waals surface area contributed by atoms with Crippen molar-refractivity contribution in [3.05, 3.63) is 33.5 Å². The van der Waals surface area contributed by atoms with Crippen molar-refractivity contribution in [3.63, 3.8) is 0 Å². The van der Waals surface area contributed by atoms with Crippen molar-refractivity contribution in [1.82, 2.24) is 10.3 Å². The van der Waals surface area contributed by atoms with E-state index in [4.69, 9.17) is 4.74 Å². The maximum absolute atomic E-state index is 11.0. The van der Waals surface area contributed by atoms with E-state index in [1.165, 1.54) is 20.2 Å². The molecule has 1 rings (SSSR count). The number of hydrogen-bond donors (Lipinski definition) is 1. The van der Waals surface area contributed by atoms with Crippen molar-refractivity contribution in [3.8, 4) is 5.88 Å². The summed E-state index contributed by atoms with van der Waals surface area (Å²) >= 11 is 0. The lowest BCUT2D eigenvalue weighted by atomic mass is 10.1. The molecule has 0 aliphatic rings. The van der Waals surface area contributed by atoms with E-state index in [1.807, 2.05) is 6.08 Å². The molecule has 1 amide bonds. The number of carbonyl (C=O) groups excluding carboxylic acids is 1. The number of aromatic nitrogens is 1. The fraction of sp³-hybridized carbons (Fsp3) is 0.385. The summed E-state index contributed by atoms with van der Waals surface area (Å²) in [5, 5.41) is 13.7. The maximum Gasteiger partial charge on any atom is 0.334 e. The molecule has 0 radical (unpaired) electrons. The van der Waals surface area contributed by atoms with Crippen LogP contribution in [0.5, 0.6) is 5.88 Å². The lowest BCUT2D eigenvalue weighted by Crippen LogP contribution is -2.20. The zero-order chi connectivity index (χ0) is 15.1. The van der Waals surface area contributed by atoms with Gasteiger partial charge in [-0.2, -0.15) is 0 Å². The van der Waals surface area contributed by atoms with Gasteiger partial charge in [0.2, 0.25) is 5.91 Å². The maximum atomic E-state index is 11.0. The van der Waals surface area contributed by atoms with Crippen molar-refractivity contribution in [2.75, 3.05) is 13.7 Å². The van der Waals surface area contributed by atoms with Crippen molar-refractivity contribution < 1.29 is 14.5 Å². The third-order valence-electron chi connectivity index (χ3n) is 2.67. The second-order valence-corrected chi connectivity index (χ2v) is 4.13. The third-order valence-corrected chi connectivity index (χ3v) is 2.67. The number of nitro groups is 1. The second kappa shape index (κ2) is 7.22. The Morgan fingerprint density at radius 2 is 2.30 bits per heavy atom. The van der Waals surface area contributed by atoms with Gasteiger partial charge in [0, 0.05) is 30.8 Å². The van der Waals surface area contributed by atoms with E-state index in [0.29, 0.717) is 24.1 Å². The highest BCUT2D eigenvalue weighted by Crippen LogP contribution is 2.30. The van der Waals surface area contributed by atoms with Crippen LogP contribution in [0.4, 0.5) is 5.69 Å². The first-order valence-electron chi connectivity index (χ1n) is 6.06. The van der Waals surface area contributed by atoms with Gasteiger partial charge in [0.15, 0.2) is 0 Å². The number of nitrogens with zero attached hydrogens (tertiary/aromatic N) is 2. The highest BCUT2D eigenvalue weighted by molar-refractivity contribution is 5.72. The first kappa shape index (κ1) is 15.6. The Balaban J connectivity index is 2.86. The molecule has 1 heterocycles. The molecule has 0 aromatic carbocycles. The summed E-state index contributed by atoms with van der Waals surface area (Å²) in [5.74, 6) is -0.0840. The zero-order valence-corrected chi connectivity index (χ0v) is 11.7. The minimum absolute atomic E-state index is 0.00268. The Hall–Kier alpha value is -2.44. The fourth-order valence-electron chi connectivity index (χ4n) is 1.66. The van der Waals surface area contributed by atoms with Crippen molar-refractivity contribution in [1.29, 1.82) is 0 Å². The van der Waals surface area contributed by atoms with Gasteiger partial charge in [-0.05, 0) is 13.3 Å². The topological polar surface area (TPSA) is 94.4 Å². The van der Waals surface area contributed by atoms with Crippen LogP contribution in [0.15, 0.2) is 12.3 Å². The second-order valence-electron chi connectivity index (χ2n) is 4.13. The Morgan fingerprint density at radius 3 is 2.85 bits per heavy atom. The Morgan fingerprint density at radius 1 is 1.60 bits per heavy atom. The molecule has 0 unspecified atom stereocenters. The van der Waals surface area contributed by atoms with Crippen molar-refractivity contribution in [2.45, 2.75) is 20.3 Å². The van der Waals surface area contributed by atoms with Gasteiger partial charge in [-0.25, -0.2) is 4.98 Å². The molecule has 7 nitrogen and oxygen atoms in total. The van der Waals surface area contributed by atoms with E-state index in [-0.39, 0.29) is 17.5 Å². The SMILES string of the molecule is COc1ncc(C=CCCNC(C)=O)c(C)c1[N+](=O)[O-]. The summed E-state index contributed by atoms with van der Waals surface area (Å²) in [7, 11) is 1.34. The van der Waals surface area contributed by atoms with Gasteiger partial charge in [-0.1, -0.05) is 12.2 Å². The number of hydrogen-bond acceptors (Lipinski definition) is 5. The van der Waals surface area contributed by atoms with Gasteiger partial charge in [0.1, 0.15) is 0 Å². The molecule has 0 fully saturated rings. The van der Waals surface area contributed by atoms with Crippen LogP contribution in [0, 0.1) is 17.0 Å². The normalized spacial score (nSPS) is 10.6. The lowest BCUT2D eigenvalue weighted by Gasteiger charge is -2.05. The van der Waals surface area contributed by atoms with Gasteiger partial charge in [0.25, 0.3) is 5.88 Å². The number of ether oxygens (including phenoxy) is 1. The zero-order valence-electron chi connectivity index (χ0n) is 11.7. The molecule has 0 aliphatic carbocycles. The van der Waals surface area contributed by atoms with E-state index >= 15 is 0 Å². The van der Waals surface area contributed by atoms with Gasteiger partial charge in [0.05, 0.1) is 12.0 Å². The van der Waals surface area contributed by atoms with Gasteiger partial charge >= 0.3 is 5.69 Å². The fourth-order valence-corrected chi connectivity index (χ4v) is 1.66. The summed E-state index contributed by atoms with van der Waals surface area (Å²) in [4.78, 5) is 25.1. The highest BCUT2D eigenvalue weighted by atomic mass is 16.6. The smallest absolute Gasteiger partial charge is 0.334 e. The van der Waals surface area contributed by atoms with Crippen LogP contribution in [-0.2, 0) is 4.79 Å². The quantitative estimate of drug-likeness (QED) is 0.487. The van der Waals surface area contributed by atoms with E-state index < -0.39 is 4.92 Å². The molecular weight excluding hydrogens is 262 g/mol. The van der Waals surface area contributed by atoms with Crippen LogP contribution in [-0.4, -0.2) is 29.5 Å². The van der Waals surface area contributed by atoms with Gasteiger partial charge < -0.3 is 10.1 Å². The lowest BCUT2D eigenvalue weighted by molar-refractivity contribution is -0.386. The third kappa shape index (κ3) is 4.04. The molecule has 0 saturated heterocycles. The minimum Gasteiger partial charge on any atom is -0.476 e. The molecule has 0 bridgehead atoms. The molecular formula is C13H17N3O4. The minimum atomic E-state index is -0.504. The van der Waals surface area contributed by atoms with Crippen LogP contribution in [0.25, 0.3) is 6.08 Å². The molecule has 20 heavy (non-hydrogen) atoms. The van der Waals surface area contributed by atoms with E-state index in [9.17, 15) is 14.9 Å². The van der Waals surface area contributed by atoms with Crippen LogP contribution in [0.2, 0.25) is 0 Å². The molecule has 0 saturated carbocycles. The Bertz CT molecular complexity index is 541. The molecule has 0 atom stereocenters. The molecule has 108 valence electrons. The average Bonchev–Trinajstić information content (AvgIpc) is 2.38. The number of methoxy groups -OCH3 is 1. The van der Waals surface area contributed by atoms with Crippen LogP contribution < -0.4 is 10.1 Å². The standard InChI is InChI=1S/C13H17N3O4/c1-9-11(6-4-5-7-14-10(2)17)8-15-13(20-3)12(9)16(18)19/h4,6,8H,5,7H2,1-3H3,(H,14,17). The van der Waals surface area contributed by atoms with Gasteiger partial charge in [-0.3, -0.25) is 14.9 Å². The predicted molar refractivity (Wildman–Crippen MR) is 74.5 cm³/mol. The molecule has 1 aromatic rings. The Kier molecular flexibility index (Phi) is 5.64. The Labute approximate surface area is 116 Å². The van der Waals surface area contributed by atoms with Crippen LogP contribution in [0.3, 0.4) is 0 Å². The molecule has 0 spiro atoms. The first-order chi connectivity index (χ1) is 9.47. The molecule has 0 aliphatic heterocycles. The predicted octanol–water partition coefficient (Wildman–Crippen LogP) is 1.85. The first-order valence-corrected chi connectivity index (χ1v) is 6.06. The summed E-state index contributed by atoms with van der Waals surface area (Å²) in [6.45, 7) is 3.62. The largest absolute Gasteiger partial charge is 0.476 e. The number of pyridine rings is 1. The van der Waals surface area contributed by atoms with Crippen molar-refractivity contribution >= 4 is 17.7 Å². The number of amides is 1. The number of nitrogens with one attached hydrogen (secondary N) is 1. The van der Waals surface area contributed by atoms with E-state index in [0.717, 1.165) is 0 Å². The van der Waals surface area contributed by atoms with E-state index in [2.05, 4.69) is 10.3 Å². The summed E-state index contributed by atoms with van der Waals surface area (Å²) in [6, 6.07) is 0. The number of carbonyl (C=O) groups is 1. The van der Waals surface area contributed by atoms with Crippen molar-refractivity contribution in [2.24, 2.45) is 0 Å². The summed E-state index contributed by atoms with van der Waals surface area (Å²) < 4.78 is 4.89. The highest BCUT2D eigenvalue weighted by Gasteiger charge is 2.21. The van der Waals surface area contributed by atoms with Crippen LogP contribution in [0.1, 0.15) is 24.5 Å². The van der Waals surface area contributed by atoms with E-state index in [1.54, 1.807) is 13.0 Å². The monoisotopic (exact) mass is 279 g/mol. The molecule has 1 N–H and O–H groups in total. The molecule has 1 aromatic heterocycles. The van der Waals surface area contributed by atoms with Gasteiger partial charge in [-0.15, -0.1) is 0 Å².